The average Bonchev–Trinajstić information content (AvgIpc) is 2.73. The Kier molecular flexibility index (Phi) is 6.62. The van der Waals surface area contributed by atoms with Gasteiger partial charge in [0.2, 0.25) is 11.8 Å². The summed E-state index contributed by atoms with van der Waals surface area (Å²) < 4.78 is 38.6. The van der Waals surface area contributed by atoms with Crippen molar-refractivity contribution in [1.82, 2.24) is 4.90 Å². The Hall–Kier alpha value is -3.36. The van der Waals surface area contributed by atoms with Crippen LogP contribution in [0.4, 0.5) is 24.5 Å². The van der Waals surface area contributed by atoms with Crippen molar-refractivity contribution in [2.75, 3.05) is 23.7 Å². The van der Waals surface area contributed by atoms with E-state index in [0.29, 0.717) is 37.3 Å². The van der Waals surface area contributed by atoms with Crippen molar-refractivity contribution in [3.05, 3.63) is 59.7 Å². The molecule has 0 radical (unpaired) electrons. The SMILES string of the molecule is CC(=O)N1CCC(C(=O)Nc2cccc(NC(=O)c3cccc(C(F)(F)F)c3)c2)CC1. The van der Waals surface area contributed by atoms with E-state index in [0.717, 1.165) is 12.1 Å². The second-order valence-corrected chi connectivity index (χ2v) is 7.38. The van der Waals surface area contributed by atoms with Crippen LogP contribution >= 0.6 is 0 Å². The summed E-state index contributed by atoms with van der Waals surface area (Å²) in [5.74, 6) is -1.10. The van der Waals surface area contributed by atoms with E-state index in [9.17, 15) is 27.6 Å². The van der Waals surface area contributed by atoms with Gasteiger partial charge in [-0.25, -0.2) is 0 Å². The number of carbonyl (C=O) groups is 3. The summed E-state index contributed by atoms with van der Waals surface area (Å²) in [6, 6.07) is 10.5. The van der Waals surface area contributed by atoms with Crippen LogP contribution in [0.5, 0.6) is 0 Å². The first-order chi connectivity index (χ1) is 14.6. The number of nitrogens with zero attached hydrogens (tertiary/aromatic N) is 1. The first-order valence-corrected chi connectivity index (χ1v) is 9.78. The van der Waals surface area contributed by atoms with Crippen LogP contribution < -0.4 is 10.6 Å². The topological polar surface area (TPSA) is 78.5 Å². The van der Waals surface area contributed by atoms with E-state index in [1.165, 1.54) is 25.1 Å². The maximum Gasteiger partial charge on any atom is 0.416 e. The molecule has 3 rings (SSSR count). The molecule has 0 bridgehead atoms. The number of hydrogen-bond acceptors (Lipinski definition) is 3. The lowest BCUT2D eigenvalue weighted by Crippen LogP contribution is -2.40. The van der Waals surface area contributed by atoms with Gasteiger partial charge in [-0.1, -0.05) is 12.1 Å². The fourth-order valence-electron chi connectivity index (χ4n) is 3.42. The number of rotatable bonds is 4. The van der Waals surface area contributed by atoms with Gasteiger partial charge < -0.3 is 15.5 Å². The molecule has 2 aromatic carbocycles. The third kappa shape index (κ3) is 5.84. The normalized spacial score (nSPS) is 14.8. The van der Waals surface area contributed by atoms with Crippen molar-refractivity contribution in [3.8, 4) is 0 Å². The number of halogens is 3. The van der Waals surface area contributed by atoms with Crippen molar-refractivity contribution in [3.63, 3.8) is 0 Å². The fraction of sp³-hybridized carbons (Fsp3) is 0.318. The smallest absolute Gasteiger partial charge is 0.343 e. The zero-order chi connectivity index (χ0) is 22.6. The summed E-state index contributed by atoms with van der Waals surface area (Å²) in [5.41, 5.74) is -0.231. The summed E-state index contributed by atoms with van der Waals surface area (Å²) in [5, 5.41) is 5.34. The van der Waals surface area contributed by atoms with E-state index in [1.807, 2.05) is 0 Å². The number of benzene rings is 2. The Balaban J connectivity index is 1.62. The Morgan fingerprint density at radius 2 is 1.55 bits per heavy atom. The van der Waals surface area contributed by atoms with Gasteiger partial charge in [-0.2, -0.15) is 13.2 Å². The van der Waals surface area contributed by atoms with Gasteiger partial charge in [0.25, 0.3) is 5.91 Å². The van der Waals surface area contributed by atoms with E-state index < -0.39 is 17.6 Å². The van der Waals surface area contributed by atoms with Crippen LogP contribution in [-0.4, -0.2) is 35.7 Å². The molecule has 0 aliphatic carbocycles. The highest BCUT2D eigenvalue weighted by atomic mass is 19.4. The molecule has 0 unspecified atom stereocenters. The lowest BCUT2D eigenvalue weighted by atomic mass is 9.96. The van der Waals surface area contributed by atoms with Crippen LogP contribution in [0.15, 0.2) is 48.5 Å². The molecule has 9 heteroatoms. The highest BCUT2D eigenvalue weighted by Gasteiger charge is 2.31. The largest absolute Gasteiger partial charge is 0.416 e. The van der Waals surface area contributed by atoms with E-state index in [4.69, 9.17) is 0 Å². The molecule has 31 heavy (non-hydrogen) atoms. The first-order valence-electron chi connectivity index (χ1n) is 9.78. The molecule has 6 nitrogen and oxygen atoms in total. The molecule has 3 amide bonds. The van der Waals surface area contributed by atoms with Gasteiger partial charge in [0.1, 0.15) is 0 Å². The number of likely N-dealkylation sites (tertiary alicyclic amines) is 1. The molecule has 1 heterocycles. The molecule has 1 saturated heterocycles. The van der Waals surface area contributed by atoms with Crippen molar-refractivity contribution in [2.24, 2.45) is 5.92 Å². The maximum absolute atomic E-state index is 12.9. The minimum atomic E-state index is -4.54. The minimum absolute atomic E-state index is 0.0110. The van der Waals surface area contributed by atoms with Gasteiger partial charge in [0.15, 0.2) is 0 Å². The molecule has 0 aromatic heterocycles. The standard InChI is InChI=1S/C22H22F3N3O3/c1-14(29)28-10-8-15(9-11-28)20(30)26-18-6-3-7-19(13-18)27-21(31)16-4-2-5-17(12-16)22(23,24)25/h2-7,12-13,15H,8-11H2,1H3,(H,26,30)(H,27,31). The van der Waals surface area contributed by atoms with Crippen LogP contribution in [0.2, 0.25) is 0 Å². The Bertz CT molecular complexity index is 983. The minimum Gasteiger partial charge on any atom is -0.343 e. The molecule has 2 N–H and O–H groups in total. The van der Waals surface area contributed by atoms with Crippen molar-refractivity contribution in [1.29, 1.82) is 0 Å². The first kappa shape index (κ1) is 22.3. The number of carbonyl (C=O) groups excluding carboxylic acids is 3. The Morgan fingerprint density at radius 1 is 0.935 bits per heavy atom. The lowest BCUT2D eigenvalue weighted by Gasteiger charge is -2.30. The number of anilines is 2. The molecular weight excluding hydrogens is 411 g/mol. The van der Waals surface area contributed by atoms with Crippen molar-refractivity contribution >= 4 is 29.1 Å². The third-order valence-electron chi connectivity index (χ3n) is 5.15. The molecule has 164 valence electrons. The molecule has 1 aliphatic heterocycles. The van der Waals surface area contributed by atoms with E-state index in [1.54, 1.807) is 23.1 Å². The van der Waals surface area contributed by atoms with E-state index in [2.05, 4.69) is 10.6 Å². The van der Waals surface area contributed by atoms with Gasteiger partial charge in [-0.15, -0.1) is 0 Å². The molecule has 0 atom stereocenters. The summed E-state index contributed by atoms with van der Waals surface area (Å²) in [7, 11) is 0. The van der Waals surface area contributed by atoms with Gasteiger partial charge in [-0.05, 0) is 49.2 Å². The Morgan fingerprint density at radius 3 is 2.16 bits per heavy atom. The summed E-state index contributed by atoms with van der Waals surface area (Å²) in [6.45, 7) is 2.56. The second kappa shape index (κ2) is 9.20. The van der Waals surface area contributed by atoms with E-state index >= 15 is 0 Å². The number of nitrogens with one attached hydrogen (secondary N) is 2. The third-order valence-corrected chi connectivity index (χ3v) is 5.15. The van der Waals surface area contributed by atoms with Gasteiger partial charge in [-0.3, -0.25) is 14.4 Å². The van der Waals surface area contributed by atoms with Crippen LogP contribution in [0.1, 0.15) is 35.7 Å². The quantitative estimate of drug-likeness (QED) is 0.760. The monoisotopic (exact) mass is 433 g/mol. The highest BCUT2D eigenvalue weighted by molar-refractivity contribution is 6.04. The molecule has 2 aromatic rings. The van der Waals surface area contributed by atoms with E-state index in [-0.39, 0.29) is 23.3 Å². The molecule has 0 spiro atoms. The summed E-state index contributed by atoms with van der Waals surface area (Å²) >= 11 is 0. The number of amides is 3. The second-order valence-electron chi connectivity index (χ2n) is 7.38. The zero-order valence-corrected chi connectivity index (χ0v) is 16.8. The summed E-state index contributed by atoms with van der Waals surface area (Å²) in [4.78, 5) is 38.0. The average molecular weight is 433 g/mol. The van der Waals surface area contributed by atoms with Crippen molar-refractivity contribution in [2.45, 2.75) is 25.9 Å². The van der Waals surface area contributed by atoms with Crippen LogP contribution in [0.25, 0.3) is 0 Å². The molecule has 1 fully saturated rings. The number of alkyl halides is 3. The van der Waals surface area contributed by atoms with Gasteiger partial charge >= 0.3 is 6.18 Å². The molecular formula is C22H22F3N3O3. The highest BCUT2D eigenvalue weighted by Crippen LogP contribution is 2.30. The molecule has 0 saturated carbocycles. The van der Waals surface area contributed by atoms with Crippen LogP contribution in [0.3, 0.4) is 0 Å². The predicted molar refractivity (Wildman–Crippen MR) is 109 cm³/mol. The Labute approximate surface area is 177 Å². The zero-order valence-electron chi connectivity index (χ0n) is 16.8. The molecule has 1 aliphatic rings. The maximum atomic E-state index is 12.9. The van der Waals surface area contributed by atoms with Crippen LogP contribution in [-0.2, 0) is 15.8 Å². The van der Waals surface area contributed by atoms with Gasteiger partial charge in [0, 0.05) is 42.9 Å². The fourth-order valence-corrected chi connectivity index (χ4v) is 3.42. The van der Waals surface area contributed by atoms with Crippen molar-refractivity contribution < 1.29 is 27.6 Å². The van der Waals surface area contributed by atoms with Crippen LogP contribution in [0, 0.1) is 5.92 Å². The lowest BCUT2D eigenvalue weighted by molar-refractivity contribution is -0.137. The predicted octanol–water partition coefficient (Wildman–Crippen LogP) is 4.15. The van der Waals surface area contributed by atoms with Gasteiger partial charge in [0.05, 0.1) is 5.56 Å². The summed E-state index contributed by atoms with van der Waals surface area (Å²) in [6.07, 6.45) is -3.41. The number of hydrogen-bond donors (Lipinski definition) is 2. The number of piperidine rings is 1.